The summed E-state index contributed by atoms with van der Waals surface area (Å²) in [7, 11) is 3.45. The summed E-state index contributed by atoms with van der Waals surface area (Å²) in [6.07, 6.45) is 4.17. The number of hydrogen-bond donors (Lipinski definition) is 0. The minimum atomic E-state index is -0.0980. The topological polar surface area (TPSA) is 49.6 Å². The minimum Gasteiger partial charge on any atom is -0.455 e. The fourth-order valence-electron chi connectivity index (χ4n) is 2.69. The standard InChI is InChI=1S/C15H19N3O2S/c1-17(2)15(19)13-6-5-11(20-13)10-18-8-3-4-12(18)14-16-7-9-21-14/h5-7,9,12H,3-4,8,10H2,1-2H3/t12-/m0/s1. The quantitative estimate of drug-likeness (QED) is 0.871. The minimum absolute atomic E-state index is 0.0980. The molecule has 0 spiro atoms. The van der Waals surface area contributed by atoms with Gasteiger partial charge in [-0.2, -0.15) is 0 Å². The molecular weight excluding hydrogens is 286 g/mol. The fraction of sp³-hybridized carbons (Fsp3) is 0.467. The lowest BCUT2D eigenvalue weighted by atomic mass is 10.2. The highest BCUT2D eigenvalue weighted by atomic mass is 32.1. The monoisotopic (exact) mass is 305 g/mol. The molecule has 1 amide bonds. The third-order valence-corrected chi connectivity index (χ3v) is 4.61. The molecule has 0 aliphatic carbocycles. The van der Waals surface area contributed by atoms with Crippen molar-refractivity contribution in [1.29, 1.82) is 0 Å². The van der Waals surface area contributed by atoms with Crippen LogP contribution in [0, 0.1) is 0 Å². The van der Waals surface area contributed by atoms with Gasteiger partial charge in [0.2, 0.25) is 0 Å². The van der Waals surface area contributed by atoms with Crippen LogP contribution >= 0.6 is 11.3 Å². The normalized spacial score (nSPS) is 19.0. The number of thiazole rings is 1. The largest absolute Gasteiger partial charge is 0.455 e. The van der Waals surface area contributed by atoms with Gasteiger partial charge in [-0.3, -0.25) is 9.69 Å². The zero-order chi connectivity index (χ0) is 14.8. The predicted molar refractivity (Wildman–Crippen MR) is 81.2 cm³/mol. The summed E-state index contributed by atoms with van der Waals surface area (Å²) < 4.78 is 5.68. The van der Waals surface area contributed by atoms with Crippen LogP contribution in [-0.4, -0.2) is 41.3 Å². The van der Waals surface area contributed by atoms with Crippen LogP contribution in [0.15, 0.2) is 28.1 Å². The molecule has 0 aromatic carbocycles. The van der Waals surface area contributed by atoms with E-state index in [4.69, 9.17) is 4.42 Å². The average molecular weight is 305 g/mol. The molecule has 2 aromatic rings. The Morgan fingerprint density at radius 2 is 2.38 bits per heavy atom. The molecule has 1 atom stereocenters. The van der Waals surface area contributed by atoms with E-state index >= 15 is 0 Å². The van der Waals surface area contributed by atoms with E-state index in [9.17, 15) is 4.79 Å². The number of amides is 1. The third-order valence-electron chi connectivity index (χ3n) is 3.74. The van der Waals surface area contributed by atoms with Gasteiger partial charge in [0.05, 0.1) is 12.6 Å². The first kappa shape index (κ1) is 14.3. The Balaban J connectivity index is 1.70. The summed E-state index contributed by atoms with van der Waals surface area (Å²) in [5.74, 6) is 1.14. The van der Waals surface area contributed by atoms with Crippen LogP contribution in [0.5, 0.6) is 0 Å². The molecular formula is C15H19N3O2S. The highest BCUT2D eigenvalue weighted by Crippen LogP contribution is 2.34. The van der Waals surface area contributed by atoms with E-state index in [1.807, 2.05) is 17.6 Å². The summed E-state index contributed by atoms with van der Waals surface area (Å²) in [4.78, 5) is 20.2. The molecule has 3 heterocycles. The van der Waals surface area contributed by atoms with Crippen molar-refractivity contribution in [3.63, 3.8) is 0 Å². The zero-order valence-corrected chi connectivity index (χ0v) is 13.1. The maximum atomic E-state index is 11.9. The van der Waals surface area contributed by atoms with Gasteiger partial charge in [-0.05, 0) is 31.5 Å². The molecule has 1 fully saturated rings. The summed E-state index contributed by atoms with van der Waals surface area (Å²) in [6, 6.07) is 4.03. The fourth-order valence-corrected chi connectivity index (χ4v) is 3.50. The summed E-state index contributed by atoms with van der Waals surface area (Å²) in [6.45, 7) is 1.77. The second kappa shape index (κ2) is 5.99. The second-order valence-electron chi connectivity index (χ2n) is 5.46. The first-order valence-electron chi connectivity index (χ1n) is 7.09. The van der Waals surface area contributed by atoms with Crippen molar-refractivity contribution in [1.82, 2.24) is 14.8 Å². The lowest BCUT2D eigenvalue weighted by Crippen LogP contribution is -2.22. The van der Waals surface area contributed by atoms with Crippen LogP contribution in [0.3, 0.4) is 0 Å². The highest BCUT2D eigenvalue weighted by Gasteiger charge is 2.28. The van der Waals surface area contributed by atoms with Crippen LogP contribution in [0.25, 0.3) is 0 Å². The van der Waals surface area contributed by atoms with Crippen LogP contribution in [0.1, 0.15) is 40.2 Å². The maximum Gasteiger partial charge on any atom is 0.289 e. The second-order valence-corrected chi connectivity index (χ2v) is 6.39. The molecule has 0 N–H and O–H groups in total. The Kier molecular flexibility index (Phi) is 4.07. The van der Waals surface area contributed by atoms with Gasteiger partial charge in [0.1, 0.15) is 10.8 Å². The summed E-state index contributed by atoms with van der Waals surface area (Å²) in [5.41, 5.74) is 0. The van der Waals surface area contributed by atoms with Gasteiger partial charge in [0.15, 0.2) is 5.76 Å². The number of aromatic nitrogens is 1. The van der Waals surface area contributed by atoms with Gasteiger partial charge >= 0.3 is 0 Å². The Morgan fingerprint density at radius 3 is 3.10 bits per heavy atom. The molecule has 112 valence electrons. The van der Waals surface area contributed by atoms with Gasteiger partial charge in [-0.25, -0.2) is 4.98 Å². The van der Waals surface area contributed by atoms with E-state index in [2.05, 4.69) is 9.88 Å². The van der Waals surface area contributed by atoms with Crippen molar-refractivity contribution in [2.75, 3.05) is 20.6 Å². The van der Waals surface area contributed by atoms with Crippen molar-refractivity contribution in [3.05, 3.63) is 40.2 Å². The zero-order valence-electron chi connectivity index (χ0n) is 12.3. The van der Waals surface area contributed by atoms with Crippen molar-refractivity contribution in [3.8, 4) is 0 Å². The molecule has 1 aliphatic heterocycles. The van der Waals surface area contributed by atoms with E-state index in [0.29, 0.717) is 11.8 Å². The Labute approximate surface area is 128 Å². The number of nitrogens with zero attached hydrogens (tertiary/aromatic N) is 3. The van der Waals surface area contributed by atoms with E-state index < -0.39 is 0 Å². The van der Waals surface area contributed by atoms with Crippen molar-refractivity contribution in [2.24, 2.45) is 0 Å². The van der Waals surface area contributed by atoms with E-state index in [1.54, 1.807) is 31.5 Å². The Morgan fingerprint density at radius 1 is 1.52 bits per heavy atom. The molecule has 2 aromatic heterocycles. The Bertz CT molecular complexity index is 606. The SMILES string of the molecule is CN(C)C(=O)c1ccc(CN2CCC[C@H]2c2nccs2)o1. The van der Waals surface area contributed by atoms with Gasteiger partial charge in [-0.1, -0.05) is 0 Å². The first-order chi connectivity index (χ1) is 10.1. The van der Waals surface area contributed by atoms with Crippen molar-refractivity contribution >= 4 is 17.2 Å². The van der Waals surface area contributed by atoms with Gasteiger partial charge < -0.3 is 9.32 Å². The number of likely N-dealkylation sites (tertiary alicyclic amines) is 1. The van der Waals surface area contributed by atoms with Crippen LogP contribution in [0.4, 0.5) is 0 Å². The lowest BCUT2D eigenvalue weighted by Gasteiger charge is -2.21. The molecule has 0 unspecified atom stereocenters. The molecule has 3 rings (SSSR count). The molecule has 1 saturated heterocycles. The predicted octanol–water partition coefficient (Wildman–Crippen LogP) is 2.78. The van der Waals surface area contributed by atoms with Crippen LogP contribution < -0.4 is 0 Å². The van der Waals surface area contributed by atoms with Crippen molar-refractivity contribution < 1.29 is 9.21 Å². The maximum absolute atomic E-state index is 11.9. The third kappa shape index (κ3) is 3.01. The smallest absolute Gasteiger partial charge is 0.289 e. The molecule has 5 nitrogen and oxygen atoms in total. The van der Waals surface area contributed by atoms with E-state index in [0.717, 1.165) is 25.3 Å². The number of furan rings is 1. The number of carbonyl (C=O) groups excluding carboxylic acids is 1. The van der Waals surface area contributed by atoms with Crippen LogP contribution in [-0.2, 0) is 6.54 Å². The number of rotatable bonds is 4. The van der Waals surface area contributed by atoms with Gasteiger partial charge in [-0.15, -0.1) is 11.3 Å². The molecule has 6 heteroatoms. The van der Waals surface area contributed by atoms with Gasteiger partial charge in [0.25, 0.3) is 5.91 Å². The van der Waals surface area contributed by atoms with Crippen LogP contribution in [0.2, 0.25) is 0 Å². The first-order valence-corrected chi connectivity index (χ1v) is 7.97. The molecule has 0 saturated carbocycles. The Hall–Kier alpha value is -1.66. The highest BCUT2D eigenvalue weighted by molar-refractivity contribution is 7.09. The molecule has 0 radical (unpaired) electrons. The number of carbonyl (C=O) groups is 1. The average Bonchev–Trinajstić information content (AvgIpc) is 3.19. The van der Waals surface area contributed by atoms with E-state index in [1.165, 1.54) is 16.3 Å². The van der Waals surface area contributed by atoms with E-state index in [-0.39, 0.29) is 5.91 Å². The number of hydrogen-bond acceptors (Lipinski definition) is 5. The molecule has 21 heavy (non-hydrogen) atoms. The summed E-state index contributed by atoms with van der Waals surface area (Å²) >= 11 is 1.70. The summed E-state index contributed by atoms with van der Waals surface area (Å²) in [5, 5.41) is 3.19. The van der Waals surface area contributed by atoms with Crippen molar-refractivity contribution in [2.45, 2.75) is 25.4 Å². The molecule has 1 aliphatic rings. The van der Waals surface area contributed by atoms with Gasteiger partial charge in [0, 0.05) is 25.7 Å². The molecule has 0 bridgehead atoms. The lowest BCUT2D eigenvalue weighted by molar-refractivity contribution is 0.0792.